The molecule has 2 unspecified atom stereocenters. The number of nitrogens with two attached hydrogens (primary N) is 2. The summed E-state index contributed by atoms with van der Waals surface area (Å²) in [5.74, 6) is -1.50. The summed E-state index contributed by atoms with van der Waals surface area (Å²) in [5.41, 5.74) is 13.7. The third kappa shape index (κ3) is 5.50. The number of primary amides is 1. The monoisotopic (exact) mass is 450 g/mol. The molecule has 1 aliphatic heterocycles. The predicted octanol–water partition coefficient (Wildman–Crippen LogP) is 2.40. The SMILES string of the molecule is Cc1ccccc1N1CCN(C(=O)C(OCC(F)(F)F)c2ccc(N)cc2)C(C(N)=O)C1. The molecule has 172 valence electrons. The van der Waals surface area contributed by atoms with Gasteiger partial charge in [0.25, 0.3) is 5.91 Å². The molecular formula is C22H25F3N4O3. The number of hydrogen-bond donors (Lipinski definition) is 2. The van der Waals surface area contributed by atoms with Gasteiger partial charge >= 0.3 is 6.18 Å². The Kier molecular flexibility index (Phi) is 6.93. The van der Waals surface area contributed by atoms with Crippen LogP contribution in [0.5, 0.6) is 0 Å². The second-order valence-electron chi connectivity index (χ2n) is 7.66. The third-order valence-electron chi connectivity index (χ3n) is 5.33. The van der Waals surface area contributed by atoms with Gasteiger partial charge in [-0.05, 0) is 36.2 Å². The minimum absolute atomic E-state index is 0.0988. The zero-order valence-electron chi connectivity index (χ0n) is 17.5. The number of carbonyl (C=O) groups excluding carboxylic acids is 2. The quantitative estimate of drug-likeness (QED) is 0.658. The number of para-hydroxylation sites is 1. The van der Waals surface area contributed by atoms with Crippen LogP contribution in [0.1, 0.15) is 17.2 Å². The number of aryl methyl sites for hydroxylation is 1. The van der Waals surface area contributed by atoms with Crippen molar-refractivity contribution in [2.45, 2.75) is 25.2 Å². The molecule has 0 spiro atoms. The highest BCUT2D eigenvalue weighted by Crippen LogP contribution is 2.29. The van der Waals surface area contributed by atoms with Gasteiger partial charge in [-0.2, -0.15) is 13.2 Å². The molecule has 4 N–H and O–H groups in total. The van der Waals surface area contributed by atoms with Crippen molar-refractivity contribution in [2.75, 3.05) is 36.9 Å². The van der Waals surface area contributed by atoms with E-state index in [2.05, 4.69) is 0 Å². The van der Waals surface area contributed by atoms with Crippen LogP contribution in [0.4, 0.5) is 24.5 Å². The number of piperazine rings is 1. The maximum atomic E-state index is 13.3. The molecule has 2 aromatic carbocycles. The maximum Gasteiger partial charge on any atom is 0.411 e. The standard InChI is InChI=1S/C22H25F3N4O3/c1-14-4-2-3-5-17(14)28-10-11-29(18(12-28)20(27)30)21(31)19(32-13-22(23,24)25)15-6-8-16(26)9-7-15/h2-9,18-19H,10-13,26H2,1H3,(H2,27,30). The normalized spacial score (nSPS) is 17.8. The average molecular weight is 450 g/mol. The van der Waals surface area contributed by atoms with Crippen molar-refractivity contribution >= 4 is 23.2 Å². The molecule has 1 fully saturated rings. The van der Waals surface area contributed by atoms with E-state index in [1.54, 1.807) is 0 Å². The van der Waals surface area contributed by atoms with E-state index < -0.39 is 36.7 Å². The fourth-order valence-corrected chi connectivity index (χ4v) is 3.74. The fourth-order valence-electron chi connectivity index (χ4n) is 3.74. The van der Waals surface area contributed by atoms with Crippen molar-refractivity contribution in [3.8, 4) is 0 Å². The predicted molar refractivity (Wildman–Crippen MR) is 114 cm³/mol. The molecule has 10 heteroatoms. The second-order valence-corrected chi connectivity index (χ2v) is 7.66. The number of amides is 2. The van der Waals surface area contributed by atoms with Crippen LogP contribution in [0.3, 0.4) is 0 Å². The van der Waals surface area contributed by atoms with Crippen LogP contribution >= 0.6 is 0 Å². The van der Waals surface area contributed by atoms with E-state index in [9.17, 15) is 22.8 Å². The molecule has 2 amide bonds. The van der Waals surface area contributed by atoms with Crippen molar-refractivity contribution in [3.05, 3.63) is 59.7 Å². The smallest absolute Gasteiger partial charge is 0.399 e. The number of carbonyl (C=O) groups is 2. The van der Waals surface area contributed by atoms with E-state index >= 15 is 0 Å². The summed E-state index contributed by atoms with van der Waals surface area (Å²) in [4.78, 5) is 28.7. The van der Waals surface area contributed by atoms with Crippen molar-refractivity contribution < 1.29 is 27.5 Å². The number of anilines is 2. The summed E-state index contributed by atoms with van der Waals surface area (Å²) in [7, 11) is 0. The number of benzene rings is 2. The van der Waals surface area contributed by atoms with Gasteiger partial charge in [0, 0.05) is 31.0 Å². The minimum Gasteiger partial charge on any atom is -0.399 e. The molecule has 2 aromatic rings. The first-order valence-electron chi connectivity index (χ1n) is 10.0. The molecule has 1 aliphatic rings. The lowest BCUT2D eigenvalue weighted by Gasteiger charge is -2.42. The van der Waals surface area contributed by atoms with E-state index in [-0.39, 0.29) is 18.7 Å². The number of ether oxygens (including phenoxy) is 1. The van der Waals surface area contributed by atoms with Crippen LogP contribution in [-0.2, 0) is 14.3 Å². The molecule has 1 saturated heterocycles. The van der Waals surface area contributed by atoms with E-state index in [4.69, 9.17) is 16.2 Å². The highest BCUT2D eigenvalue weighted by atomic mass is 19.4. The summed E-state index contributed by atoms with van der Waals surface area (Å²) in [6, 6.07) is 12.3. The van der Waals surface area contributed by atoms with Gasteiger partial charge in [0.2, 0.25) is 5.91 Å². The van der Waals surface area contributed by atoms with Gasteiger partial charge in [0.1, 0.15) is 12.6 Å². The summed E-state index contributed by atoms with van der Waals surface area (Å²) in [6.07, 6.45) is -6.18. The topological polar surface area (TPSA) is 102 Å². The summed E-state index contributed by atoms with van der Waals surface area (Å²) < 4.78 is 43.5. The first-order valence-corrected chi connectivity index (χ1v) is 10.0. The number of alkyl halides is 3. The van der Waals surface area contributed by atoms with Gasteiger partial charge in [-0.3, -0.25) is 9.59 Å². The maximum absolute atomic E-state index is 13.3. The number of halogens is 3. The Hall–Kier alpha value is -3.27. The van der Waals surface area contributed by atoms with Crippen LogP contribution in [0.25, 0.3) is 0 Å². The summed E-state index contributed by atoms with van der Waals surface area (Å²) in [6.45, 7) is 0.918. The second kappa shape index (κ2) is 9.47. The zero-order chi connectivity index (χ0) is 23.5. The number of nitrogen functional groups attached to an aromatic ring is 1. The number of hydrogen-bond acceptors (Lipinski definition) is 5. The van der Waals surface area contributed by atoms with Gasteiger partial charge in [-0.15, -0.1) is 0 Å². The molecule has 0 aromatic heterocycles. The molecule has 7 nitrogen and oxygen atoms in total. The van der Waals surface area contributed by atoms with Crippen molar-refractivity contribution in [1.82, 2.24) is 4.90 Å². The number of rotatable bonds is 6. The van der Waals surface area contributed by atoms with E-state index in [1.807, 2.05) is 36.1 Å². The van der Waals surface area contributed by atoms with Gasteiger partial charge in [-0.25, -0.2) is 0 Å². The van der Waals surface area contributed by atoms with Crippen LogP contribution in [-0.4, -0.2) is 55.2 Å². The van der Waals surface area contributed by atoms with Crippen LogP contribution < -0.4 is 16.4 Å². The van der Waals surface area contributed by atoms with Gasteiger partial charge < -0.3 is 26.0 Å². The van der Waals surface area contributed by atoms with Crippen LogP contribution in [0.15, 0.2) is 48.5 Å². The molecule has 1 heterocycles. The lowest BCUT2D eigenvalue weighted by molar-refractivity contribution is -0.192. The Labute approximate surface area is 183 Å². The molecule has 2 atom stereocenters. The van der Waals surface area contributed by atoms with E-state index in [0.717, 1.165) is 11.3 Å². The summed E-state index contributed by atoms with van der Waals surface area (Å²) >= 11 is 0. The van der Waals surface area contributed by atoms with Gasteiger partial charge in [-0.1, -0.05) is 30.3 Å². The van der Waals surface area contributed by atoms with Crippen molar-refractivity contribution in [2.24, 2.45) is 5.73 Å². The highest BCUT2D eigenvalue weighted by Gasteiger charge is 2.40. The molecule has 0 saturated carbocycles. The minimum atomic E-state index is -4.63. The largest absolute Gasteiger partial charge is 0.411 e. The van der Waals surface area contributed by atoms with Gasteiger partial charge in [0.05, 0.1) is 0 Å². The van der Waals surface area contributed by atoms with Crippen molar-refractivity contribution in [1.29, 1.82) is 0 Å². The Morgan fingerprint density at radius 1 is 1.12 bits per heavy atom. The van der Waals surface area contributed by atoms with Crippen LogP contribution in [0.2, 0.25) is 0 Å². The first-order chi connectivity index (χ1) is 15.1. The lowest BCUT2D eigenvalue weighted by atomic mass is 10.0. The lowest BCUT2D eigenvalue weighted by Crippen LogP contribution is -2.61. The van der Waals surface area contributed by atoms with Gasteiger partial charge in [0.15, 0.2) is 6.10 Å². The Morgan fingerprint density at radius 3 is 2.38 bits per heavy atom. The van der Waals surface area contributed by atoms with Crippen molar-refractivity contribution in [3.63, 3.8) is 0 Å². The Balaban J connectivity index is 1.86. The highest BCUT2D eigenvalue weighted by molar-refractivity contribution is 5.90. The first kappa shape index (κ1) is 23.4. The molecule has 0 bridgehead atoms. The molecule has 32 heavy (non-hydrogen) atoms. The molecular weight excluding hydrogens is 425 g/mol. The molecule has 0 aliphatic carbocycles. The number of nitrogens with zero attached hydrogens (tertiary/aromatic N) is 2. The Morgan fingerprint density at radius 2 is 1.78 bits per heavy atom. The fraction of sp³-hybridized carbons (Fsp3) is 0.364. The van der Waals surface area contributed by atoms with E-state index in [1.165, 1.54) is 29.2 Å². The molecule has 0 radical (unpaired) electrons. The Bertz CT molecular complexity index is 966. The average Bonchev–Trinajstić information content (AvgIpc) is 2.74. The molecule has 3 rings (SSSR count). The van der Waals surface area contributed by atoms with E-state index in [0.29, 0.717) is 12.2 Å². The van der Waals surface area contributed by atoms with Crippen LogP contribution in [0, 0.1) is 6.92 Å². The summed E-state index contributed by atoms with van der Waals surface area (Å²) in [5, 5.41) is 0. The zero-order valence-corrected chi connectivity index (χ0v) is 17.5. The third-order valence-corrected chi connectivity index (χ3v) is 5.33.